The summed E-state index contributed by atoms with van der Waals surface area (Å²) in [5.74, 6) is 6.76. The van der Waals surface area contributed by atoms with Gasteiger partial charge in [-0.2, -0.15) is 0 Å². The molecule has 0 radical (unpaired) electrons. The van der Waals surface area contributed by atoms with Gasteiger partial charge in [0.1, 0.15) is 5.75 Å². The maximum atomic E-state index is 5.75. The van der Waals surface area contributed by atoms with E-state index in [1.807, 2.05) is 6.07 Å². The van der Waals surface area contributed by atoms with Gasteiger partial charge >= 0.3 is 0 Å². The zero-order valence-corrected chi connectivity index (χ0v) is 10.8. The van der Waals surface area contributed by atoms with Crippen molar-refractivity contribution in [3.05, 3.63) is 65.2 Å². The van der Waals surface area contributed by atoms with Gasteiger partial charge in [0.15, 0.2) is 0 Å². The van der Waals surface area contributed by atoms with E-state index in [1.54, 1.807) is 0 Å². The lowest BCUT2D eigenvalue weighted by atomic mass is 9.96. The van der Waals surface area contributed by atoms with E-state index in [-0.39, 0.29) is 6.04 Å². The van der Waals surface area contributed by atoms with Gasteiger partial charge in [0.25, 0.3) is 0 Å². The largest absolute Gasteiger partial charge is 0.493 e. The number of fused-ring (bicyclic) bond motifs is 1. The molecule has 0 saturated heterocycles. The molecular formula is C16H18N2O. The van der Waals surface area contributed by atoms with Crippen LogP contribution < -0.4 is 16.0 Å². The number of ether oxygens (including phenoxy) is 1. The van der Waals surface area contributed by atoms with E-state index >= 15 is 0 Å². The Hall–Kier alpha value is -1.84. The van der Waals surface area contributed by atoms with Gasteiger partial charge < -0.3 is 4.74 Å². The number of para-hydroxylation sites is 1. The van der Waals surface area contributed by atoms with Crippen LogP contribution in [0.4, 0.5) is 0 Å². The highest BCUT2D eigenvalue weighted by molar-refractivity contribution is 5.46. The molecule has 0 bridgehead atoms. The van der Waals surface area contributed by atoms with Crippen molar-refractivity contribution in [3.63, 3.8) is 0 Å². The van der Waals surface area contributed by atoms with Crippen molar-refractivity contribution >= 4 is 0 Å². The van der Waals surface area contributed by atoms with Gasteiger partial charge in [-0.1, -0.05) is 48.5 Å². The standard InChI is InChI=1S/C16H18N2O/c17-18-15(11-12-5-2-1-3-6-12)14-8-4-7-13-9-10-19-16(13)14/h1-8,15,18H,9-11,17H2. The number of hydrogen-bond acceptors (Lipinski definition) is 3. The predicted molar refractivity (Wildman–Crippen MR) is 75.9 cm³/mol. The van der Waals surface area contributed by atoms with Crippen molar-refractivity contribution < 1.29 is 4.74 Å². The topological polar surface area (TPSA) is 47.3 Å². The number of hydrogen-bond donors (Lipinski definition) is 2. The molecule has 98 valence electrons. The number of rotatable bonds is 4. The minimum atomic E-state index is 0.0791. The van der Waals surface area contributed by atoms with E-state index in [1.165, 1.54) is 11.1 Å². The van der Waals surface area contributed by atoms with Gasteiger partial charge in [0, 0.05) is 12.0 Å². The summed E-state index contributed by atoms with van der Waals surface area (Å²) in [6, 6.07) is 16.7. The van der Waals surface area contributed by atoms with Crippen molar-refractivity contribution in [1.82, 2.24) is 5.43 Å². The molecule has 3 N–H and O–H groups in total. The first-order chi connectivity index (χ1) is 9.38. The number of hydrazine groups is 1. The molecule has 0 aliphatic carbocycles. The number of benzene rings is 2. The molecule has 0 aromatic heterocycles. The van der Waals surface area contributed by atoms with Gasteiger partial charge in [-0.05, 0) is 17.5 Å². The summed E-state index contributed by atoms with van der Waals surface area (Å²) in [6.07, 6.45) is 1.85. The molecule has 3 nitrogen and oxygen atoms in total. The Labute approximate surface area is 113 Å². The maximum absolute atomic E-state index is 5.75. The van der Waals surface area contributed by atoms with Crippen LogP contribution in [0, 0.1) is 0 Å². The highest BCUT2D eigenvalue weighted by Crippen LogP contribution is 2.34. The summed E-state index contributed by atoms with van der Waals surface area (Å²) < 4.78 is 5.75. The summed E-state index contributed by atoms with van der Waals surface area (Å²) in [5.41, 5.74) is 6.62. The van der Waals surface area contributed by atoms with Gasteiger partial charge in [0.05, 0.1) is 12.6 Å². The lowest BCUT2D eigenvalue weighted by Gasteiger charge is -2.19. The fourth-order valence-electron chi connectivity index (χ4n) is 2.62. The molecule has 0 saturated carbocycles. The summed E-state index contributed by atoms with van der Waals surface area (Å²) in [5, 5.41) is 0. The Morgan fingerprint density at radius 1 is 1.11 bits per heavy atom. The number of nitrogens with one attached hydrogen (secondary N) is 1. The summed E-state index contributed by atoms with van der Waals surface area (Å²) in [7, 11) is 0. The summed E-state index contributed by atoms with van der Waals surface area (Å²) in [4.78, 5) is 0. The van der Waals surface area contributed by atoms with E-state index in [0.717, 1.165) is 30.8 Å². The Balaban J connectivity index is 1.89. The zero-order valence-electron chi connectivity index (χ0n) is 10.8. The Kier molecular flexibility index (Phi) is 3.49. The lowest BCUT2D eigenvalue weighted by Crippen LogP contribution is -2.29. The van der Waals surface area contributed by atoms with Crippen LogP contribution in [0.3, 0.4) is 0 Å². The Morgan fingerprint density at radius 3 is 2.74 bits per heavy atom. The third-order valence-corrected chi connectivity index (χ3v) is 3.60. The smallest absolute Gasteiger partial charge is 0.127 e. The Bertz CT molecular complexity index is 554. The second kappa shape index (κ2) is 5.43. The van der Waals surface area contributed by atoms with Crippen LogP contribution in [-0.2, 0) is 12.8 Å². The van der Waals surface area contributed by atoms with Crippen LogP contribution in [0.25, 0.3) is 0 Å². The average Bonchev–Trinajstić information content (AvgIpc) is 2.94. The first-order valence-electron chi connectivity index (χ1n) is 6.63. The van der Waals surface area contributed by atoms with Crippen molar-refractivity contribution in [2.75, 3.05) is 6.61 Å². The zero-order chi connectivity index (χ0) is 13.1. The Morgan fingerprint density at radius 2 is 1.95 bits per heavy atom. The molecule has 1 atom stereocenters. The maximum Gasteiger partial charge on any atom is 0.127 e. The molecule has 0 amide bonds. The highest BCUT2D eigenvalue weighted by atomic mass is 16.5. The SMILES string of the molecule is NNC(Cc1ccccc1)c1cccc2c1OCC2. The van der Waals surface area contributed by atoms with Crippen LogP contribution in [0.2, 0.25) is 0 Å². The van der Waals surface area contributed by atoms with Crippen molar-refractivity contribution in [2.24, 2.45) is 5.84 Å². The van der Waals surface area contributed by atoms with Crippen molar-refractivity contribution in [1.29, 1.82) is 0 Å². The fraction of sp³-hybridized carbons (Fsp3) is 0.250. The quantitative estimate of drug-likeness (QED) is 0.650. The van der Waals surface area contributed by atoms with Crippen LogP contribution in [-0.4, -0.2) is 6.61 Å². The van der Waals surface area contributed by atoms with Crippen molar-refractivity contribution in [3.8, 4) is 5.75 Å². The lowest BCUT2D eigenvalue weighted by molar-refractivity contribution is 0.348. The molecular weight excluding hydrogens is 236 g/mol. The molecule has 3 heteroatoms. The molecule has 3 rings (SSSR count). The van der Waals surface area contributed by atoms with E-state index < -0.39 is 0 Å². The van der Waals surface area contributed by atoms with E-state index in [0.29, 0.717) is 0 Å². The molecule has 1 aliphatic heterocycles. The first kappa shape index (κ1) is 12.2. The predicted octanol–water partition coefficient (Wildman–Crippen LogP) is 2.37. The molecule has 0 fully saturated rings. The first-order valence-corrected chi connectivity index (χ1v) is 6.63. The molecule has 2 aromatic rings. The third-order valence-electron chi connectivity index (χ3n) is 3.60. The molecule has 1 aliphatic rings. The van der Waals surface area contributed by atoms with Crippen LogP contribution in [0.1, 0.15) is 22.7 Å². The molecule has 1 unspecified atom stereocenters. The van der Waals surface area contributed by atoms with E-state index in [9.17, 15) is 0 Å². The van der Waals surface area contributed by atoms with Crippen LogP contribution in [0.15, 0.2) is 48.5 Å². The second-order valence-electron chi connectivity index (χ2n) is 4.84. The normalized spacial score (nSPS) is 14.8. The van der Waals surface area contributed by atoms with Gasteiger partial charge in [-0.15, -0.1) is 0 Å². The molecule has 0 spiro atoms. The van der Waals surface area contributed by atoms with E-state index in [2.05, 4.69) is 47.9 Å². The summed E-state index contributed by atoms with van der Waals surface area (Å²) >= 11 is 0. The minimum absolute atomic E-state index is 0.0791. The second-order valence-corrected chi connectivity index (χ2v) is 4.84. The van der Waals surface area contributed by atoms with Gasteiger partial charge in [-0.3, -0.25) is 11.3 Å². The summed E-state index contributed by atoms with van der Waals surface area (Å²) in [6.45, 7) is 0.773. The van der Waals surface area contributed by atoms with Crippen LogP contribution in [0.5, 0.6) is 5.75 Å². The fourth-order valence-corrected chi connectivity index (χ4v) is 2.62. The van der Waals surface area contributed by atoms with E-state index in [4.69, 9.17) is 10.6 Å². The molecule has 19 heavy (non-hydrogen) atoms. The minimum Gasteiger partial charge on any atom is -0.493 e. The van der Waals surface area contributed by atoms with Crippen molar-refractivity contribution in [2.45, 2.75) is 18.9 Å². The third kappa shape index (κ3) is 2.48. The highest BCUT2D eigenvalue weighted by Gasteiger charge is 2.21. The molecule has 1 heterocycles. The average molecular weight is 254 g/mol. The van der Waals surface area contributed by atoms with Gasteiger partial charge in [-0.25, -0.2) is 0 Å². The van der Waals surface area contributed by atoms with Crippen LogP contribution >= 0.6 is 0 Å². The monoisotopic (exact) mass is 254 g/mol. The number of nitrogens with two attached hydrogens (primary N) is 1. The van der Waals surface area contributed by atoms with Gasteiger partial charge in [0.2, 0.25) is 0 Å². The molecule has 2 aromatic carbocycles.